The lowest BCUT2D eigenvalue weighted by molar-refractivity contribution is 0.0954. The first-order valence-electron chi connectivity index (χ1n) is 6.88. The van der Waals surface area contributed by atoms with Crippen molar-refractivity contribution in [1.82, 2.24) is 15.3 Å². The van der Waals surface area contributed by atoms with E-state index in [-0.39, 0.29) is 11.5 Å². The van der Waals surface area contributed by atoms with E-state index in [1.807, 2.05) is 30.3 Å². The van der Waals surface area contributed by atoms with Crippen molar-refractivity contribution in [1.29, 1.82) is 0 Å². The number of aromatic amines is 1. The minimum Gasteiger partial charge on any atom is -0.347 e. The van der Waals surface area contributed by atoms with Crippen molar-refractivity contribution in [3.63, 3.8) is 0 Å². The standard InChI is InChI=1S/C16H15N3O2S/c1-9-12-14(20)18-10(2)19-16(12)22-13(9)15(21)17-8-11-6-4-3-5-7-11/h3-7H,8H2,1-2H3,(H,17,21)(H,18,19,20). The van der Waals surface area contributed by atoms with Gasteiger partial charge in [0.25, 0.3) is 11.5 Å². The number of carbonyl (C=O) groups excluding carboxylic acids is 1. The van der Waals surface area contributed by atoms with E-state index < -0.39 is 0 Å². The van der Waals surface area contributed by atoms with Gasteiger partial charge in [-0.25, -0.2) is 4.98 Å². The summed E-state index contributed by atoms with van der Waals surface area (Å²) in [4.78, 5) is 32.5. The normalized spacial score (nSPS) is 10.8. The molecule has 2 aromatic heterocycles. The Bertz CT molecular complexity index is 897. The molecule has 0 saturated heterocycles. The van der Waals surface area contributed by atoms with E-state index >= 15 is 0 Å². The van der Waals surface area contributed by atoms with Crippen LogP contribution in [0.1, 0.15) is 26.6 Å². The molecule has 2 heterocycles. The fraction of sp³-hybridized carbons (Fsp3) is 0.188. The van der Waals surface area contributed by atoms with E-state index in [2.05, 4.69) is 15.3 Å². The van der Waals surface area contributed by atoms with Crippen LogP contribution in [0.2, 0.25) is 0 Å². The first-order chi connectivity index (χ1) is 10.6. The summed E-state index contributed by atoms with van der Waals surface area (Å²) in [6.45, 7) is 3.96. The third-order valence-electron chi connectivity index (χ3n) is 3.42. The number of aryl methyl sites for hydroxylation is 2. The lowest BCUT2D eigenvalue weighted by atomic mass is 10.2. The summed E-state index contributed by atoms with van der Waals surface area (Å²) in [6, 6.07) is 9.69. The Balaban J connectivity index is 1.90. The molecule has 3 aromatic rings. The third kappa shape index (κ3) is 2.65. The predicted octanol–water partition coefficient (Wildman–Crippen LogP) is 2.53. The maximum Gasteiger partial charge on any atom is 0.261 e. The van der Waals surface area contributed by atoms with Crippen LogP contribution in [0.4, 0.5) is 0 Å². The van der Waals surface area contributed by atoms with Crippen LogP contribution in [0.15, 0.2) is 35.1 Å². The fourth-order valence-corrected chi connectivity index (χ4v) is 3.47. The summed E-state index contributed by atoms with van der Waals surface area (Å²) in [5.41, 5.74) is 1.51. The molecule has 0 unspecified atom stereocenters. The van der Waals surface area contributed by atoms with Crippen molar-refractivity contribution in [3.05, 3.63) is 62.5 Å². The third-order valence-corrected chi connectivity index (χ3v) is 4.61. The minimum absolute atomic E-state index is 0.179. The first kappa shape index (κ1) is 14.5. The van der Waals surface area contributed by atoms with Gasteiger partial charge >= 0.3 is 0 Å². The number of benzene rings is 1. The minimum atomic E-state index is -0.196. The molecule has 1 aromatic carbocycles. The van der Waals surface area contributed by atoms with Gasteiger partial charge < -0.3 is 10.3 Å². The second-order valence-electron chi connectivity index (χ2n) is 5.06. The van der Waals surface area contributed by atoms with Crippen LogP contribution in [0.5, 0.6) is 0 Å². The molecular formula is C16H15N3O2S. The molecule has 0 aliphatic rings. The Hall–Kier alpha value is -2.47. The van der Waals surface area contributed by atoms with Gasteiger partial charge in [-0.3, -0.25) is 9.59 Å². The summed E-state index contributed by atoms with van der Waals surface area (Å²) in [7, 11) is 0. The van der Waals surface area contributed by atoms with Crippen molar-refractivity contribution < 1.29 is 4.79 Å². The van der Waals surface area contributed by atoms with Crippen LogP contribution in [0, 0.1) is 13.8 Å². The second-order valence-corrected chi connectivity index (χ2v) is 6.06. The number of nitrogens with zero attached hydrogens (tertiary/aromatic N) is 1. The van der Waals surface area contributed by atoms with E-state index in [0.717, 1.165) is 5.56 Å². The maximum absolute atomic E-state index is 12.4. The highest BCUT2D eigenvalue weighted by Crippen LogP contribution is 2.26. The topological polar surface area (TPSA) is 74.8 Å². The van der Waals surface area contributed by atoms with Crippen LogP contribution < -0.4 is 10.9 Å². The summed E-state index contributed by atoms with van der Waals surface area (Å²) >= 11 is 1.25. The Morgan fingerprint density at radius 2 is 2.00 bits per heavy atom. The molecule has 5 nitrogen and oxygen atoms in total. The van der Waals surface area contributed by atoms with Crippen LogP contribution in [-0.4, -0.2) is 15.9 Å². The molecule has 3 rings (SSSR count). The van der Waals surface area contributed by atoms with E-state index in [9.17, 15) is 9.59 Å². The van der Waals surface area contributed by atoms with Gasteiger partial charge in [-0.05, 0) is 25.0 Å². The number of thiophene rings is 1. The first-order valence-corrected chi connectivity index (χ1v) is 7.70. The molecule has 0 bridgehead atoms. The summed E-state index contributed by atoms with van der Waals surface area (Å²) in [5.74, 6) is 0.372. The van der Waals surface area contributed by atoms with Crippen LogP contribution in [0.3, 0.4) is 0 Å². The number of nitrogens with one attached hydrogen (secondary N) is 2. The largest absolute Gasteiger partial charge is 0.347 e. The van der Waals surface area contributed by atoms with Gasteiger partial charge in [0.1, 0.15) is 10.7 Å². The van der Waals surface area contributed by atoms with Crippen LogP contribution in [-0.2, 0) is 6.54 Å². The number of rotatable bonds is 3. The van der Waals surface area contributed by atoms with E-state index in [4.69, 9.17) is 0 Å². The summed E-state index contributed by atoms with van der Waals surface area (Å²) in [6.07, 6.45) is 0. The SMILES string of the molecule is Cc1nc2sc(C(=O)NCc3ccccc3)c(C)c2c(=O)[nH]1. The lowest BCUT2D eigenvalue weighted by Crippen LogP contribution is -2.22. The highest BCUT2D eigenvalue weighted by Gasteiger charge is 2.18. The zero-order chi connectivity index (χ0) is 15.7. The molecular weight excluding hydrogens is 298 g/mol. The molecule has 0 aliphatic carbocycles. The quantitative estimate of drug-likeness (QED) is 0.780. The molecule has 1 amide bonds. The number of fused-ring (bicyclic) bond motifs is 1. The molecule has 0 atom stereocenters. The van der Waals surface area contributed by atoms with E-state index in [1.54, 1.807) is 13.8 Å². The van der Waals surface area contributed by atoms with Gasteiger partial charge in [0.15, 0.2) is 0 Å². The van der Waals surface area contributed by atoms with Crippen molar-refractivity contribution >= 4 is 27.5 Å². The van der Waals surface area contributed by atoms with Crippen molar-refractivity contribution in [2.75, 3.05) is 0 Å². The zero-order valence-electron chi connectivity index (χ0n) is 12.3. The predicted molar refractivity (Wildman–Crippen MR) is 87.3 cm³/mol. The highest BCUT2D eigenvalue weighted by atomic mass is 32.1. The van der Waals surface area contributed by atoms with Gasteiger partial charge in [0.2, 0.25) is 0 Å². The number of hydrogen-bond acceptors (Lipinski definition) is 4. The molecule has 0 aliphatic heterocycles. The molecule has 112 valence electrons. The Kier molecular flexibility index (Phi) is 3.77. The Labute approximate surface area is 131 Å². The molecule has 0 saturated carbocycles. The van der Waals surface area contributed by atoms with Gasteiger partial charge in [-0.15, -0.1) is 11.3 Å². The molecule has 0 radical (unpaired) electrons. The number of carbonyl (C=O) groups is 1. The number of hydrogen-bond donors (Lipinski definition) is 2. The number of H-pyrrole nitrogens is 1. The fourth-order valence-electron chi connectivity index (χ4n) is 2.33. The van der Waals surface area contributed by atoms with Gasteiger partial charge in [-0.2, -0.15) is 0 Å². The van der Waals surface area contributed by atoms with Gasteiger partial charge in [0.05, 0.1) is 10.3 Å². The average Bonchev–Trinajstić information content (AvgIpc) is 2.83. The Morgan fingerprint density at radius 3 is 2.73 bits per heavy atom. The molecule has 22 heavy (non-hydrogen) atoms. The summed E-state index contributed by atoms with van der Waals surface area (Å²) in [5, 5.41) is 3.38. The molecule has 0 spiro atoms. The van der Waals surface area contributed by atoms with Crippen molar-refractivity contribution in [3.8, 4) is 0 Å². The smallest absolute Gasteiger partial charge is 0.261 e. The zero-order valence-corrected chi connectivity index (χ0v) is 13.1. The van der Waals surface area contributed by atoms with Crippen LogP contribution >= 0.6 is 11.3 Å². The van der Waals surface area contributed by atoms with Crippen LogP contribution in [0.25, 0.3) is 10.2 Å². The van der Waals surface area contributed by atoms with Gasteiger partial charge in [0, 0.05) is 6.54 Å². The maximum atomic E-state index is 12.4. The molecule has 0 fully saturated rings. The second kappa shape index (κ2) is 5.73. The van der Waals surface area contributed by atoms with Crippen molar-refractivity contribution in [2.24, 2.45) is 0 Å². The number of aromatic nitrogens is 2. The lowest BCUT2D eigenvalue weighted by Gasteiger charge is -2.04. The monoisotopic (exact) mass is 313 g/mol. The number of amides is 1. The van der Waals surface area contributed by atoms with E-state index in [0.29, 0.717) is 33.0 Å². The highest BCUT2D eigenvalue weighted by molar-refractivity contribution is 7.20. The average molecular weight is 313 g/mol. The van der Waals surface area contributed by atoms with Gasteiger partial charge in [-0.1, -0.05) is 30.3 Å². The van der Waals surface area contributed by atoms with Crippen molar-refractivity contribution in [2.45, 2.75) is 20.4 Å². The molecule has 6 heteroatoms. The Morgan fingerprint density at radius 1 is 1.27 bits per heavy atom. The van der Waals surface area contributed by atoms with E-state index in [1.165, 1.54) is 11.3 Å². The summed E-state index contributed by atoms with van der Waals surface area (Å²) < 4.78 is 0. The molecule has 2 N–H and O–H groups in total.